The zero-order chi connectivity index (χ0) is 24.0. The number of carbonyl (C=O) groups is 3. The Bertz CT molecular complexity index is 1030. The molecule has 1 heterocycles. The topological polar surface area (TPSA) is 114 Å². The number of benzene rings is 2. The van der Waals surface area contributed by atoms with Gasteiger partial charge < -0.3 is 25.4 Å². The number of nitrogens with two attached hydrogens (primary N) is 1. The van der Waals surface area contributed by atoms with E-state index in [-0.39, 0.29) is 31.4 Å². The molecule has 0 spiro atoms. The number of hydrogen-bond acceptors (Lipinski definition) is 6. The maximum Gasteiger partial charge on any atom is 0.260 e. The Hall–Kier alpha value is -3.43. The van der Waals surface area contributed by atoms with Crippen LogP contribution >= 0.6 is 0 Å². The molecule has 1 aliphatic rings. The smallest absolute Gasteiger partial charge is 0.260 e. The number of anilines is 2. The van der Waals surface area contributed by atoms with Gasteiger partial charge in [-0.1, -0.05) is 24.3 Å². The van der Waals surface area contributed by atoms with Gasteiger partial charge in [-0.25, -0.2) is 0 Å². The van der Waals surface area contributed by atoms with E-state index >= 15 is 0 Å². The van der Waals surface area contributed by atoms with Crippen molar-refractivity contribution in [2.24, 2.45) is 5.73 Å². The predicted molar refractivity (Wildman–Crippen MR) is 125 cm³/mol. The van der Waals surface area contributed by atoms with E-state index in [1.165, 1.54) is 4.90 Å². The SMILES string of the molecule is COCCN(CC(=O)Nc1cccc(C)c1C)CC(=O)N1C[C@@H](C(N)=O)Oc2ccccc21. The fourth-order valence-corrected chi connectivity index (χ4v) is 3.61. The van der Waals surface area contributed by atoms with Crippen molar-refractivity contribution in [1.29, 1.82) is 0 Å². The van der Waals surface area contributed by atoms with Gasteiger partial charge in [0.25, 0.3) is 5.91 Å². The third-order valence-corrected chi connectivity index (χ3v) is 5.61. The Balaban J connectivity index is 1.72. The Morgan fingerprint density at radius 2 is 1.91 bits per heavy atom. The molecule has 1 aliphatic heterocycles. The fraction of sp³-hybridized carbons (Fsp3) is 0.375. The van der Waals surface area contributed by atoms with Gasteiger partial charge in [0.1, 0.15) is 5.75 Å². The number of rotatable bonds is 9. The maximum atomic E-state index is 13.2. The molecule has 0 aliphatic carbocycles. The molecule has 0 bridgehead atoms. The van der Waals surface area contributed by atoms with Gasteiger partial charge in [-0.3, -0.25) is 19.3 Å². The van der Waals surface area contributed by atoms with Crippen LogP contribution in [0.4, 0.5) is 11.4 Å². The van der Waals surface area contributed by atoms with Crippen molar-refractivity contribution in [3.8, 4) is 5.75 Å². The number of ether oxygens (including phenoxy) is 2. The second kappa shape index (κ2) is 10.9. The summed E-state index contributed by atoms with van der Waals surface area (Å²) in [4.78, 5) is 40.9. The molecule has 9 nitrogen and oxygen atoms in total. The molecule has 2 aromatic rings. The van der Waals surface area contributed by atoms with Gasteiger partial charge in [0.2, 0.25) is 11.8 Å². The summed E-state index contributed by atoms with van der Waals surface area (Å²) in [7, 11) is 1.56. The van der Waals surface area contributed by atoms with Crippen molar-refractivity contribution in [3.63, 3.8) is 0 Å². The molecule has 0 radical (unpaired) electrons. The van der Waals surface area contributed by atoms with Crippen molar-refractivity contribution >= 4 is 29.1 Å². The number of methoxy groups -OCH3 is 1. The Labute approximate surface area is 193 Å². The first-order chi connectivity index (χ1) is 15.8. The molecule has 9 heteroatoms. The third kappa shape index (κ3) is 6.09. The third-order valence-electron chi connectivity index (χ3n) is 5.61. The summed E-state index contributed by atoms with van der Waals surface area (Å²) < 4.78 is 10.8. The van der Waals surface area contributed by atoms with Crippen LogP contribution in [-0.4, -0.2) is 68.6 Å². The summed E-state index contributed by atoms with van der Waals surface area (Å²) in [5, 5.41) is 2.92. The molecule has 0 aromatic heterocycles. The van der Waals surface area contributed by atoms with Gasteiger partial charge in [0.05, 0.1) is 31.9 Å². The minimum atomic E-state index is -0.941. The van der Waals surface area contributed by atoms with Crippen LogP contribution in [0.15, 0.2) is 42.5 Å². The number of carbonyl (C=O) groups excluding carboxylic acids is 3. The minimum Gasteiger partial charge on any atom is -0.477 e. The fourth-order valence-electron chi connectivity index (χ4n) is 3.61. The Kier molecular flexibility index (Phi) is 8.02. The summed E-state index contributed by atoms with van der Waals surface area (Å²) in [6.07, 6.45) is -0.941. The standard InChI is InChI=1S/C24H30N4O5/c1-16-7-6-8-18(17(16)2)26-22(29)14-27(11-12-32-3)15-23(30)28-13-21(24(25)31)33-20-10-5-4-9-19(20)28/h4-10,21H,11-15H2,1-3H3,(H2,25,31)(H,26,29)/t21-/m0/s1. The normalized spacial score (nSPS) is 15.0. The highest BCUT2D eigenvalue weighted by Crippen LogP contribution is 2.33. The largest absolute Gasteiger partial charge is 0.477 e. The van der Waals surface area contributed by atoms with Crippen molar-refractivity contribution in [1.82, 2.24) is 4.90 Å². The second-order valence-corrected chi connectivity index (χ2v) is 7.98. The number of amides is 3. The highest BCUT2D eigenvalue weighted by molar-refractivity contribution is 5.99. The lowest BCUT2D eigenvalue weighted by atomic mass is 10.1. The van der Waals surface area contributed by atoms with Crippen LogP contribution in [0.2, 0.25) is 0 Å². The molecule has 3 rings (SSSR count). The number of nitrogens with zero attached hydrogens (tertiary/aromatic N) is 2. The van der Waals surface area contributed by atoms with Crippen LogP contribution in [0.5, 0.6) is 5.75 Å². The lowest BCUT2D eigenvalue weighted by Crippen LogP contribution is -2.52. The van der Waals surface area contributed by atoms with Crippen LogP contribution in [0.3, 0.4) is 0 Å². The van der Waals surface area contributed by atoms with E-state index in [4.69, 9.17) is 15.2 Å². The maximum absolute atomic E-state index is 13.2. The number of aryl methyl sites for hydroxylation is 1. The lowest BCUT2D eigenvalue weighted by Gasteiger charge is -2.34. The first kappa shape index (κ1) is 24.2. The molecule has 0 saturated carbocycles. The first-order valence-corrected chi connectivity index (χ1v) is 10.7. The van der Waals surface area contributed by atoms with Gasteiger partial charge in [-0.15, -0.1) is 0 Å². The number of hydrogen-bond donors (Lipinski definition) is 2. The molecular weight excluding hydrogens is 424 g/mol. The minimum absolute atomic E-state index is 0.00766. The van der Waals surface area contributed by atoms with E-state index in [1.807, 2.05) is 32.0 Å². The van der Waals surface area contributed by atoms with Crippen LogP contribution in [0.1, 0.15) is 11.1 Å². The van der Waals surface area contributed by atoms with Crippen molar-refractivity contribution in [2.45, 2.75) is 20.0 Å². The number of para-hydroxylation sites is 2. The van der Waals surface area contributed by atoms with Gasteiger partial charge in [-0.2, -0.15) is 0 Å². The molecule has 0 saturated heterocycles. The highest BCUT2D eigenvalue weighted by atomic mass is 16.5. The second-order valence-electron chi connectivity index (χ2n) is 7.98. The predicted octanol–water partition coefficient (Wildman–Crippen LogP) is 1.47. The highest BCUT2D eigenvalue weighted by Gasteiger charge is 2.33. The number of fused-ring (bicyclic) bond motifs is 1. The van der Waals surface area contributed by atoms with E-state index in [0.717, 1.165) is 16.8 Å². The van der Waals surface area contributed by atoms with E-state index in [0.29, 0.717) is 24.6 Å². The van der Waals surface area contributed by atoms with E-state index in [2.05, 4.69) is 5.32 Å². The molecular formula is C24H30N4O5. The molecule has 33 heavy (non-hydrogen) atoms. The van der Waals surface area contributed by atoms with Crippen molar-refractivity contribution in [3.05, 3.63) is 53.6 Å². The number of primary amides is 1. The zero-order valence-corrected chi connectivity index (χ0v) is 19.2. The summed E-state index contributed by atoms with van der Waals surface area (Å²) >= 11 is 0. The van der Waals surface area contributed by atoms with Crippen molar-refractivity contribution < 1.29 is 23.9 Å². The molecule has 176 valence electrons. The molecule has 1 atom stereocenters. The molecule has 0 fully saturated rings. The molecule has 3 amide bonds. The summed E-state index contributed by atoms with van der Waals surface area (Å²) in [5.74, 6) is -0.735. The Morgan fingerprint density at radius 1 is 1.15 bits per heavy atom. The lowest BCUT2D eigenvalue weighted by molar-refractivity contribution is -0.125. The van der Waals surface area contributed by atoms with Crippen LogP contribution in [0.25, 0.3) is 0 Å². The summed E-state index contributed by atoms with van der Waals surface area (Å²) in [5.41, 5.74) is 8.81. The van der Waals surface area contributed by atoms with Crippen LogP contribution in [-0.2, 0) is 19.1 Å². The molecule has 3 N–H and O–H groups in total. The summed E-state index contributed by atoms with van der Waals surface area (Å²) in [6.45, 7) is 4.65. The van der Waals surface area contributed by atoms with Gasteiger partial charge >= 0.3 is 0 Å². The molecule has 2 aromatic carbocycles. The van der Waals surface area contributed by atoms with Gasteiger partial charge in [-0.05, 0) is 43.2 Å². The average molecular weight is 455 g/mol. The molecule has 0 unspecified atom stereocenters. The summed E-state index contributed by atoms with van der Waals surface area (Å²) in [6, 6.07) is 12.7. The van der Waals surface area contributed by atoms with Crippen LogP contribution < -0.4 is 20.7 Å². The monoisotopic (exact) mass is 454 g/mol. The number of nitrogens with one attached hydrogen (secondary N) is 1. The van der Waals surface area contributed by atoms with Gasteiger partial charge in [0, 0.05) is 19.3 Å². The quantitative estimate of drug-likeness (QED) is 0.593. The average Bonchev–Trinajstić information content (AvgIpc) is 2.79. The van der Waals surface area contributed by atoms with E-state index in [9.17, 15) is 14.4 Å². The van der Waals surface area contributed by atoms with E-state index < -0.39 is 12.0 Å². The first-order valence-electron chi connectivity index (χ1n) is 10.7. The Morgan fingerprint density at radius 3 is 2.64 bits per heavy atom. The van der Waals surface area contributed by atoms with Crippen LogP contribution in [0, 0.1) is 13.8 Å². The zero-order valence-electron chi connectivity index (χ0n) is 19.2. The van der Waals surface area contributed by atoms with Crippen molar-refractivity contribution in [2.75, 3.05) is 50.1 Å². The van der Waals surface area contributed by atoms with E-state index in [1.54, 1.807) is 36.3 Å². The van der Waals surface area contributed by atoms with Gasteiger partial charge in [0.15, 0.2) is 6.10 Å².